The normalized spacial score (nSPS) is 16.8. The van der Waals surface area contributed by atoms with E-state index in [2.05, 4.69) is 5.32 Å². The van der Waals surface area contributed by atoms with E-state index in [9.17, 15) is 18.0 Å². The number of fused-ring (bicyclic) bond motifs is 1. The van der Waals surface area contributed by atoms with Gasteiger partial charge in [-0.25, -0.2) is 17.5 Å². The number of nitrogens with zero attached hydrogens (tertiary/aromatic N) is 1. The molecule has 0 saturated carbocycles. The molecule has 1 aromatic carbocycles. The molecule has 0 aliphatic carbocycles. The smallest absolute Gasteiger partial charge is 0.371 e. The summed E-state index contributed by atoms with van der Waals surface area (Å²) in [4.78, 5) is 23.3. The van der Waals surface area contributed by atoms with Crippen molar-refractivity contribution < 1.29 is 27.5 Å². The number of anilines is 1. The van der Waals surface area contributed by atoms with E-state index in [1.165, 1.54) is 16.6 Å². The zero-order valence-electron chi connectivity index (χ0n) is 13.6. The van der Waals surface area contributed by atoms with Gasteiger partial charge in [0, 0.05) is 30.1 Å². The molecule has 1 aromatic heterocycles. The molecule has 1 aliphatic heterocycles. The second-order valence-corrected chi connectivity index (χ2v) is 8.08. The van der Waals surface area contributed by atoms with Crippen LogP contribution in [0.5, 0.6) is 0 Å². The summed E-state index contributed by atoms with van der Waals surface area (Å²) in [6.45, 7) is 0.666. The summed E-state index contributed by atoms with van der Waals surface area (Å²) in [5, 5.41) is 12.3. The molecule has 3 rings (SSSR count). The largest absolute Gasteiger partial charge is 0.475 e. The van der Waals surface area contributed by atoms with Crippen LogP contribution in [0.1, 0.15) is 23.4 Å². The fourth-order valence-electron chi connectivity index (χ4n) is 2.92. The molecule has 134 valence electrons. The molecule has 9 heteroatoms. The Morgan fingerprint density at radius 3 is 2.52 bits per heavy atom. The lowest BCUT2D eigenvalue weighted by atomic mass is 9.97. The average Bonchev–Trinajstić information content (AvgIpc) is 2.98. The standard InChI is InChI=1S/C16H18N2O6S/c1-25(22,23)18-6-4-10(5-7-18)15(19)17-12-2-3-13-11(8-12)9-14(24-13)16(20)21/h2-3,8-10H,4-7H2,1H3,(H,17,19)(H,20,21). The van der Waals surface area contributed by atoms with Crippen molar-refractivity contribution in [2.75, 3.05) is 24.7 Å². The van der Waals surface area contributed by atoms with Crippen LogP contribution in [0.2, 0.25) is 0 Å². The number of aromatic carboxylic acids is 1. The molecular formula is C16H18N2O6S. The van der Waals surface area contributed by atoms with E-state index in [0.29, 0.717) is 42.6 Å². The molecule has 8 nitrogen and oxygen atoms in total. The molecular weight excluding hydrogens is 348 g/mol. The summed E-state index contributed by atoms with van der Waals surface area (Å²) in [5.74, 6) is -1.74. The van der Waals surface area contributed by atoms with Gasteiger partial charge in [-0.1, -0.05) is 0 Å². The van der Waals surface area contributed by atoms with E-state index in [-0.39, 0.29) is 17.6 Å². The number of carbonyl (C=O) groups excluding carboxylic acids is 1. The van der Waals surface area contributed by atoms with Crippen LogP contribution in [0.25, 0.3) is 11.0 Å². The first-order valence-electron chi connectivity index (χ1n) is 7.77. The van der Waals surface area contributed by atoms with E-state index in [1.807, 2.05) is 0 Å². The third-order valence-corrected chi connectivity index (χ3v) is 5.59. The van der Waals surface area contributed by atoms with E-state index in [1.54, 1.807) is 18.2 Å². The molecule has 2 aromatic rings. The Balaban J connectivity index is 1.67. The number of carbonyl (C=O) groups is 2. The second-order valence-electron chi connectivity index (χ2n) is 6.09. The van der Waals surface area contributed by atoms with Crippen molar-refractivity contribution in [3.05, 3.63) is 30.0 Å². The summed E-state index contributed by atoms with van der Waals surface area (Å²) in [6.07, 6.45) is 2.10. The number of sulfonamides is 1. The lowest BCUT2D eigenvalue weighted by Gasteiger charge is -2.29. The monoisotopic (exact) mass is 366 g/mol. The Labute approximate surface area is 144 Å². The van der Waals surface area contributed by atoms with Crippen LogP contribution in [0.15, 0.2) is 28.7 Å². The minimum Gasteiger partial charge on any atom is -0.475 e. The third kappa shape index (κ3) is 3.83. The number of hydrogen-bond acceptors (Lipinski definition) is 5. The number of rotatable bonds is 4. The van der Waals surface area contributed by atoms with Crippen molar-refractivity contribution >= 4 is 38.6 Å². The first kappa shape index (κ1) is 17.4. The zero-order valence-corrected chi connectivity index (χ0v) is 14.4. The van der Waals surface area contributed by atoms with Crippen molar-refractivity contribution in [2.24, 2.45) is 5.92 Å². The van der Waals surface area contributed by atoms with Crippen LogP contribution in [-0.2, 0) is 14.8 Å². The van der Waals surface area contributed by atoms with Gasteiger partial charge >= 0.3 is 5.97 Å². The highest BCUT2D eigenvalue weighted by Gasteiger charge is 2.29. The quantitative estimate of drug-likeness (QED) is 0.851. The molecule has 1 aliphatic rings. The second kappa shape index (κ2) is 6.49. The highest BCUT2D eigenvalue weighted by atomic mass is 32.2. The minimum absolute atomic E-state index is 0.161. The molecule has 0 bridgehead atoms. The lowest BCUT2D eigenvalue weighted by Crippen LogP contribution is -2.40. The summed E-state index contributed by atoms with van der Waals surface area (Å²) >= 11 is 0. The topological polar surface area (TPSA) is 117 Å². The first-order valence-corrected chi connectivity index (χ1v) is 9.62. The van der Waals surface area contributed by atoms with E-state index < -0.39 is 16.0 Å². The summed E-state index contributed by atoms with van der Waals surface area (Å²) in [6, 6.07) is 6.29. The van der Waals surface area contributed by atoms with Crippen LogP contribution in [0, 0.1) is 5.92 Å². The third-order valence-electron chi connectivity index (χ3n) is 4.29. The van der Waals surface area contributed by atoms with Gasteiger partial charge in [0.25, 0.3) is 0 Å². The van der Waals surface area contributed by atoms with Gasteiger partial charge in [0.15, 0.2) is 0 Å². The van der Waals surface area contributed by atoms with Crippen molar-refractivity contribution in [1.82, 2.24) is 4.31 Å². The van der Waals surface area contributed by atoms with Gasteiger partial charge in [-0.2, -0.15) is 0 Å². The number of hydrogen-bond donors (Lipinski definition) is 2. The Hall–Kier alpha value is -2.39. The van der Waals surface area contributed by atoms with E-state index in [0.717, 1.165) is 0 Å². The van der Waals surface area contributed by atoms with Gasteiger partial charge in [0.2, 0.25) is 21.7 Å². The van der Waals surface area contributed by atoms with Crippen molar-refractivity contribution in [2.45, 2.75) is 12.8 Å². The molecule has 0 unspecified atom stereocenters. The predicted molar refractivity (Wildman–Crippen MR) is 90.9 cm³/mol. The number of benzene rings is 1. The Bertz CT molecular complexity index is 925. The van der Waals surface area contributed by atoms with E-state index >= 15 is 0 Å². The van der Waals surface area contributed by atoms with Crippen LogP contribution in [0.4, 0.5) is 5.69 Å². The van der Waals surface area contributed by atoms with Crippen molar-refractivity contribution in [3.8, 4) is 0 Å². The lowest BCUT2D eigenvalue weighted by molar-refractivity contribution is -0.120. The molecule has 0 spiro atoms. The van der Waals surface area contributed by atoms with Crippen LogP contribution in [0.3, 0.4) is 0 Å². The van der Waals surface area contributed by atoms with Gasteiger partial charge in [0.1, 0.15) is 5.58 Å². The number of carboxylic acid groups (broad SMARTS) is 1. The number of piperidine rings is 1. The summed E-state index contributed by atoms with van der Waals surface area (Å²) in [5.41, 5.74) is 0.970. The molecule has 25 heavy (non-hydrogen) atoms. The SMILES string of the molecule is CS(=O)(=O)N1CCC(C(=O)Nc2ccc3oc(C(=O)O)cc3c2)CC1. The van der Waals surface area contributed by atoms with E-state index in [4.69, 9.17) is 9.52 Å². The highest BCUT2D eigenvalue weighted by molar-refractivity contribution is 7.88. The Kier molecular flexibility index (Phi) is 4.53. The zero-order chi connectivity index (χ0) is 18.2. The van der Waals surface area contributed by atoms with Gasteiger partial charge < -0.3 is 14.8 Å². The number of furan rings is 1. The fourth-order valence-corrected chi connectivity index (χ4v) is 3.79. The molecule has 0 atom stereocenters. The first-order chi connectivity index (χ1) is 11.7. The maximum Gasteiger partial charge on any atom is 0.371 e. The average molecular weight is 366 g/mol. The van der Waals surface area contributed by atoms with Gasteiger partial charge in [-0.05, 0) is 37.1 Å². The number of nitrogens with one attached hydrogen (secondary N) is 1. The minimum atomic E-state index is -3.22. The van der Waals surface area contributed by atoms with Crippen LogP contribution in [-0.4, -0.2) is 49.1 Å². The number of amides is 1. The summed E-state index contributed by atoms with van der Waals surface area (Å²) < 4.78 is 29.6. The molecule has 1 saturated heterocycles. The molecule has 2 heterocycles. The van der Waals surface area contributed by atoms with Crippen LogP contribution >= 0.6 is 0 Å². The fraction of sp³-hybridized carbons (Fsp3) is 0.375. The molecule has 0 radical (unpaired) electrons. The van der Waals surface area contributed by atoms with Gasteiger partial charge in [-0.3, -0.25) is 4.79 Å². The van der Waals surface area contributed by atoms with Crippen molar-refractivity contribution in [3.63, 3.8) is 0 Å². The van der Waals surface area contributed by atoms with Crippen LogP contribution < -0.4 is 5.32 Å². The molecule has 1 amide bonds. The summed E-state index contributed by atoms with van der Waals surface area (Å²) in [7, 11) is -3.22. The Morgan fingerprint density at radius 2 is 1.92 bits per heavy atom. The maximum absolute atomic E-state index is 12.4. The predicted octanol–water partition coefficient (Wildman–Crippen LogP) is 1.74. The van der Waals surface area contributed by atoms with Gasteiger partial charge in [0.05, 0.1) is 6.26 Å². The van der Waals surface area contributed by atoms with Crippen molar-refractivity contribution in [1.29, 1.82) is 0 Å². The number of carboxylic acids is 1. The molecule has 2 N–H and O–H groups in total. The highest BCUT2D eigenvalue weighted by Crippen LogP contribution is 2.25. The molecule has 1 fully saturated rings. The van der Waals surface area contributed by atoms with Gasteiger partial charge in [-0.15, -0.1) is 0 Å². The Morgan fingerprint density at radius 1 is 1.24 bits per heavy atom. The maximum atomic E-state index is 12.4.